The van der Waals surface area contributed by atoms with E-state index < -0.39 is 0 Å². The summed E-state index contributed by atoms with van der Waals surface area (Å²) in [6.07, 6.45) is 0. The normalized spacial score (nSPS) is 12.3. The molecule has 1 aliphatic heterocycles. The van der Waals surface area contributed by atoms with Crippen molar-refractivity contribution < 1.29 is 4.74 Å². The van der Waals surface area contributed by atoms with Crippen molar-refractivity contribution in [3.05, 3.63) is 133 Å². The first-order valence-corrected chi connectivity index (χ1v) is 13.4. The van der Waals surface area contributed by atoms with Crippen LogP contribution in [0.15, 0.2) is 133 Å². The van der Waals surface area contributed by atoms with Crippen LogP contribution in [0.25, 0.3) is 76.1 Å². The van der Waals surface area contributed by atoms with Crippen molar-refractivity contribution in [2.24, 2.45) is 0 Å². The van der Waals surface area contributed by atoms with Gasteiger partial charge in [0.1, 0.15) is 11.5 Å². The Kier molecular flexibility index (Phi) is 4.11. The predicted molar refractivity (Wildman–Crippen MR) is 165 cm³/mol. The molecule has 9 rings (SSSR count). The van der Waals surface area contributed by atoms with Gasteiger partial charge >= 0.3 is 0 Å². The molecule has 0 spiro atoms. The highest BCUT2D eigenvalue weighted by Gasteiger charge is 2.23. The van der Waals surface area contributed by atoms with Gasteiger partial charge in [0.2, 0.25) is 0 Å². The summed E-state index contributed by atoms with van der Waals surface area (Å²) in [5.41, 5.74) is 4.86. The zero-order chi connectivity index (χ0) is 25.5. The van der Waals surface area contributed by atoms with Crippen molar-refractivity contribution in [1.82, 2.24) is 0 Å². The standard InChI is InChI=1S/C38H22O/c1-3-10-27-23(7-1)15-16-26-21-25-9-5-12-29(35(25)22-34(26)27)30-19-20-32-33-18-17-24-8-2-4-11-28(24)38(33)39-36-14-6-13-31(30)37(32)36/h1-22H. The molecule has 1 heterocycles. The van der Waals surface area contributed by atoms with Gasteiger partial charge in [0.25, 0.3) is 0 Å². The Morgan fingerprint density at radius 1 is 0.333 bits per heavy atom. The summed E-state index contributed by atoms with van der Waals surface area (Å²) in [4.78, 5) is 0. The Morgan fingerprint density at radius 2 is 0.949 bits per heavy atom. The predicted octanol–water partition coefficient (Wildman–Crippen LogP) is 10.9. The fraction of sp³-hybridized carbons (Fsp3) is 0. The van der Waals surface area contributed by atoms with Crippen molar-refractivity contribution in [2.45, 2.75) is 0 Å². The number of benzene rings is 8. The molecule has 0 aromatic heterocycles. The molecule has 0 saturated carbocycles. The monoisotopic (exact) mass is 494 g/mol. The molecule has 1 aliphatic rings. The van der Waals surface area contributed by atoms with Gasteiger partial charge in [-0.3, -0.25) is 0 Å². The molecule has 8 aromatic rings. The summed E-state index contributed by atoms with van der Waals surface area (Å²) in [5, 5.41) is 12.4. The molecule has 0 fully saturated rings. The second-order valence-corrected chi connectivity index (χ2v) is 10.5. The fourth-order valence-electron chi connectivity index (χ4n) is 6.61. The van der Waals surface area contributed by atoms with Crippen molar-refractivity contribution in [1.29, 1.82) is 0 Å². The minimum Gasteiger partial charge on any atom is -0.455 e. The highest BCUT2D eigenvalue weighted by atomic mass is 16.5. The largest absolute Gasteiger partial charge is 0.455 e. The molecular formula is C38H22O. The minimum atomic E-state index is 0.921. The Hall–Kier alpha value is -5.14. The maximum atomic E-state index is 6.65. The van der Waals surface area contributed by atoms with E-state index in [0.29, 0.717) is 0 Å². The van der Waals surface area contributed by atoms with E-state index in [0.717, 1.165) is 22.4 Å². The van der Waals surface area contributed by atoms with Gasteiger partial charge in [-0.2, -0.15) is 0 Å². The van der Waals surface area contributed by atoms with E-state index in [1.807, 2.05) is 0 Å². The summed E-state index contributed by atoms with van der Waals surface area (Å²) in [7, 11) is 0. The lowest BCUT2D eigenvalue weighted by Crippen LogP contribution is -1.98. The molecule has 0 amide bonds. The number of hydrogen-bond donors (Lipinski definition) is 0. The van der Waals surface area contributed by atoms with E-state index in [2.05, 4.69) is 133 Å². The maximum absolute atomic E-state index is 6.65. The lowest BCUT2D eigenvalue weighted by Gasteiger charge is -2.24. The van der Waals surface area contributed by atoms with E-state index in [1.54, 1.807) is 0 Å². The maximum Gasteiger partial charge on any atom is 0.143 e. The van der Waals surface area contributed by atoms with E-state index in [9.17, 15) is 0 Å². The van der Waals surface area contributed by atoms with Gasteiger partial charge in [-0.05, 0) is 84.0 Å². The molecule has 180 valence electrons. The molecule has 0 atom stereocenters. The molecule has 8 aromatic carbocycles. The van der Waals surface area contributed by atoms with Crippen LogP contribution in [0.2, 0.25) is 0 Å². The van der Waals surface area contributed by atoms with Gasteiger partial charge in [0, 0.05) is 16.3 Å². The van der Waals surface area contributed by atoms with E-state index in [-0.39, 0.29) is 0 Å². The van der Waals surface area contributed by atoms with Crippen molar-refractivity contribution in [2.75, 3.05) is 0 Å². The third-order valence-corrected chi connectivity index (χ3v) is 8.42. The Bertz CT molecular complexity index is 2310. The summed E-state index contributed by atoms with van der Waals surface area (Å²) >= 11 is 0. The van der Waals surface area contributed by atoms with Crippen LogP contribution >= 0.6 is 0 Å². The zero-order valence-electron chi connectivity index (χ0n) is 21.1. The fourth-order valence-corrected chi connectivity index (χ4v) is 6.61. The van der Waals surface area contributed by atoms with E-state index in [4.69, 9.17) is 4.74 Å². The molecule has 0 N–H and O–H groups in total. The first kappa shape index (κ1) is 20.9. The lowest BCUT2D eigenvalue weighted by molar-refractivity contribution is 0.493. The summed E-state index contributed by atoms with van der Waals surface area (Å²) in [6.45, 7) is 0. The zero-order valence-corrected chi connectivity index (χ0v) is 21.1. The molecule has 1 heteroatoms. The van der Waals surface area contributed by atoms with Gasteiger partial charge in [-0.1, -0.05) is 109 Å². The lowest BCUT2D eigenvalue weighted by atomic mass is 9.87. The SMILES string of the molecule is c1cc(-c2ccc3c4c(cccc24)Oc2c-3ccc3ccccc23)c2cc3c(ccc4ccccc43)cc2c1. The third-order valence-electron chi connectivity index (χ3n) is 8.42. The molecular weight excluding hydrogens is 472 g/mol. The summed E-state index contributed by atoms with van der Waals surface area (Å²) < 4.78 is 6.65. The van der Waals surface area contributed by atoms with Gasteiger partial charge < -0.3 is 4.74 Å². The van der Waals surface area contributed by atoms with Crippen LogP contribution in [0.1, 0.15) is 0 Å². The molecule has 0 radical (unpaired) electrons. The molecule has 39 heavy (non-hydrogen) atoms. The Morgan fingerprint density at radius 3 is 1.87 bits per heavy atom. The molecule has 0 bridgehead atoms. The van der Waals surface area contributed by atoms with Crippen LogP contribution in [0, 0.1) is 0 Å². The van der Waals surface area contributed by atoms with E-state index in [1.165, 1.54) is 65.2 Å². The van der Waals surface area contributed by atoms with Crippen LogP contribution in [0.3, 0.4) is 0 Å². The first-order valence-electron chi connectivity index (χ1n) is 13.4. The second-order valence-electron chi connectivity index (χ2n) is 10.5. The van der Waals surface area contributed by atoms with Gasteiger partial charge in [0.05, 0.1) is 0 Å². The highest BCUT2D eigenvalue weighted by Crippen LogP contribution is 2.51. The molecule has 0 aliphatic carbocycles. The molecule has 0 saturated heterocycles. The van der Waals surface area contributed by atoms with Gasteiger partial charge in [-0.15, -0.1) is 0 Å². The Labute approximate surface area is 225 Å². The summed E-state index contributed by atoms with van der Waals surface area (Å²) in [5.74, 6) is 1.87. The van der Waals surface area contributed by atoms with Crippen LogP contribution in [-0.2, 0) is 0 Å². The Balaban J connectivity index is 1.34. The van der Waals surface area contributed by atoms with Crippen LogP contribution in [0.5, 0.6) is 11.5 Å². The van der Waals surface area contributed by atoms with Crippen LogP contribution in [-0.4, -0.2) is 0 Å². The highest BCUT2D eigenvalue weighted by molar-refractivity contribution is 6.18. The van der Waals surface area contributed by atoms with Crippen LogP contribution in [0.4, 0.5) is 0 Å². The van der Waals surface area contributed by atoms with Crippen LogP contribution < -0.4 is 4.74 Å². The minimum absolute atomic E-state index is 0.921. The number of ether oxygens (including phenoxy) is 1. The van der Waals surface area contributed by atoms with Crippen molar-refractivity contribution >= 4 is 53.9 Å². The average molecular weight is 495 g/mol. The summed E-state index contributed by atoms with van der Waals surface area (Å²) in [6, 6.07) is 48.4. The van der Waals surface area contributed by atoms with Crippen molar-refractivity contribution in [3.8, 4) is 33.8 Å². The number of hydrogen-bond acceptors (Lipinski definition) is 1. The third kappa shape index (κ3) is 2.90. The second kappa shape index (κ2) is 7.69. The van der Waals surface area contributed by atoms with Crippen molar-refractivity contribution in [3.63, 3.8) is 0 Å². The number of rotatable bonds is 1. The smallest absolute Gasteiger partial charge is 0.143 e. The quantitative estimate of drug-likeness (QED) is 0.163. The van der Waals surface area contributed by atoms with Gasteiger partial charge in [0.15, 0.2) is 0 Å². The number of fused-ring (bicyclic) bond motifs is 8. The van der Waals surface area contributed by atoms with E-state index >= 15 is 0 Å². The van der Waals surface area contributed by atoms with Gasteiger partial charge in [-0.25, -0.2) is 0 Å². The topological polar surface area (TPSA) is 9.23 Å². The first-order chi connectivity index (χ1) is 19.3. The average Bonchev–Trinajstić information content (AvgIpc) is 3.00. The molecule has 1 nitrogen and oxygen atoms in total. The molecule has 0 unspecified atom stereocenters.